The Bertz CT molecular complexity index is 1100. The maximum absolute atomic E-state index is 13.9. The number of methoxy groups -OCH3 is 1. The Balaban J connectivity index is 1.56. The minimum atomic E-state index is -2.60. The molecule has 0 bridgehead atoms. The first-order valence-corrected chi connectivity index (χ1v) is 10.9. The van der Waals surface area contributed by atoms with Crippen LogP contribution in [0.3, 0.4) is 0 Å². The van der Waals surface area contributed by atoms with Crippen LogP contribution in [0.5, 0.6) is 5.75 Å². The summed E-state index contributed by atoms with van der Waals surface area (Å²) in [4.78, 5) is 13.4. The number of nitrogens with zero attached hydrogens (tertiary/aromatic N) is 1. The van der Waals surface area contributed by atoms with Crippen molar-refractivity contribution in [3.05, 3.63) is 34.7 Å². The molecule has 5 nitrogen and oxygen atoms in total. The SMILES string of the molecule is COc1cn([C@@H]2C[C@H]3CC(F)(F)[C@H]3C2)c(=O)c2cc(B3OC(C)(C)C(C)(C)O3)ccc12. The summed E-state index contributed by atoms with van der Waals surface area (Å²) >= 11 is 0. The Morgan fingerprint density at radius 3 is 2.35 bits per heavy atom. The molecule has 0 spiro atoms. The van der Waals surface area contributed by atoms with E-state index in [1.54, 1.807) is 23.9 Å². The number of fused-ring (bicyclic) bond motifs is 2. The lowest BCUT2D eigenvalue weighted by Crippen LogP contribution is -2.43. The quantitative estimate of drug-likeness (QED) is 0.692. The third kappa shape index (κ3) is 3.05. The summed E-state index contributed by atoms with van der Waals surface area (Å²) in [7, 11) is 0.965. The van der Waals surface area contributed by atoms with E-state index in [9.17, 15) is 13.6 Å². The van der Waals surface area contributed by atoms with Crippen LogP contribution >= 0.6 is 0 Å². The van der Waals surface area contributed by atoms with Crippen LogP contribution in [-0.2, 0) is 9.31 Å². The monoisotopic (exact) mass is 431 g/mol. The molecule has 1 aromatic carbocycles. The van der Waals surface area contributed by atoms with Gasteiger partial charge in [-0.25, -0.2) is 8.78 Å². The molecule has 2 heterocycles. The van der Waals surface area contributed by atoms with Gasteiger partial charge in [-0.15, -0.1) is 0 Å². The average Bonchev–Trinajstić information content (AvgIpc) is 3.16. The van der Waals surface area contributed by atoms with E-state index in [1.165, 1.54) is 0 Å². The molecule has 31 heavy (non-hydrogen) atoms. The van der Waals surface area contributed by atoms with Crippen LogP contribution in [0.2, 0.25) is 0 Å². The normalized spacial score (nSPS) is 30.3. The number of alkyl halides is 2. The molecular formula is C23H28BF2NO4. The Morgan fingerprint density at radius 1 is 1.10 bits per heavy atom. The average molecular weight is 431 g/mol. The van der Waals surface area contributed by atoms with E-state index in [2.05, 4.69) is 0 Å². The molecule has 0 amide bonds. The zero-order valence-electron chi connectivity index (χ0n) is 18.6. The standard InChI is InChI=1S/C23H28BF2NO4/c1-21(2)22(3,4)31-24(30-21)14-6-7-16-17(9-14)20(28)27(12-19(16)29-5)15-8-13-11-23(25,26)18(13)10-15/h6-7,9,12-13,15,18H,8,10-11H2,1-5H3/t13-,15+,18-/m0/s1. The van der Waals surface area contributed by atoms with E-state index in [-0.39, 0.29) is 23.9 Å². The van der Waals surface area contributed by atoms with E-state index in [0.29, 0.717) is 29.4 Å². The number of hydrogen-bond acceptors (Lipinski definition) is 4. The highest BCUT2D eigenvalue weighted by Crippen LogP contribution is 2.59. The van der Waals surface area contributed by atoms with E-state index in [4.69, 9.17) is 14.0 Å². The van der Waals surface area contributed by atoms with Crippen LogP contribution in [0, 0.1) is 11.8 Å². The number of hydrogen-bond donors (Lipinski definition) is 0. The fourth-order valence-electron chi connectivity index (χ4n) is 5.31. The van der Waals surface area contributed by atoms with Crippen molar-refractivity contribution in [3.63, 3.8) is 0 Å². The van der Waals surface area contributed by atoms with Gasteiger partial charge in [-0.1, -0.05) is 12.1 Å². The lowest BCUT2D eigenvalue weighted by Gasteiger charge is -2.39. The number of halogens is 2. The molecule has 2 saturated carbocycles. The van der Waals surface area contributed by atoms with Crippen LogP contribution in [0.1, 0.15) is 53.0 Å². The van der Waals surface area contributed by atoms with E-state index < -0.39 is 30.2 Å². The smallest absolute Gasteiger partial charge is 0.494 e. The topological polar surface area (TPSA) is 49.7 Å². The number of ether oxygens (including phenoxy) is 1. The minimum Gasteiger partial charge on any atom is -0.495 e. The molecule has 8 heteroatoms. The van der Waals surface area contributed by atoms with E-state index in [1.807, 2.05) is 39.8 Å². The Morgan fingerprint density at radius 2 is 1.77 bits per heavy atom. The lowest BCUT2D eigenvalue weighted by molar-refractivity contribution is -0.160. The van der Waals surface area contributed by atoms with Gasteiger partial charge in [0.05, 0.1) is 29.9 Å². The summed E-state index contributed by atoms with van der Waals surface area (Å²) in [5, 5.41) is 1.17. The second-order valence-corrected chi connectivity index (χ2v) is 10.3. The zero-order valence-corrected chi connectivity index (χ0v) is 18.6. The van der Waals surface area contributed by atoms with Crippen molar-refractivity contribution < 1.29 is 22.8 Å². The van der Waals surface area contributed by atoms with Gasteiger partial charge in [-0.3, -0.25) is 4.79 Å². The maximum atomic E-state index is 13.9. The third-order valence-corrected chi connectivity index (χ3v) is 7.92. The summed E-state index contributed by atoms with van der Waals surface area (Å²) in [5.74, 6) is -2.68. The van der Waals surface area contributed by atoms with Gasteiger partial charge in [0, 0.05) is 23.8 Å². The van der Waals surface area contributed by atoms with Crippen LogP contribution in [0.25, 0.3) is 10.8 Å². The third-order valence-electron chi connectivity index (χ3n) is 7.92. The number of rotatable bonds is 3. The van der Waals surface area contributed by atoms with Gasteiger partial charge < -0.3 is 18.6 Å². The van der Waals surface area contributed by atoms with Gasteiger partial charge in [0.25, 0.3) is 11.5 Å². The molecule has 0 unspecified atom stereocenters. The van der Waals surface area contributed by atoms with Crippen molar-refractivity contribution in [2.45, 2.75) is 70.1 Å². The first kappa shape index (κ1) is 20.9. The van der Waals surface area contributed by atoms with Gasteiger partial charge in [0.15, 0.2) is 0 Å². The first-order chi connectivity index (χ1) is 14.4. The lowest BCUT2D eigenvalue weighted by atomic mass is 9.72. The number of benzene rings is 1. The Hall–Kier alpha value is -1.93. The molecule has 1 aromatic heterocycles. The summed E-state index contributed by atoms with van der Waals surface area (Å²) in [5.41, 5.74) is -0.421. The zero-order chi connectivity index (χ0) is 22.3. The van der Waals surface area contributed by atoms with Crippen LogP contribution < -0.4 is 15.8 Å². The van der Waals surface area contributed by atoms with Crippen molar-refractivity contribution in [1.29, 1.82) is 0 Å². The second-order valence-electron chi connectivity index (χ2n) is 10.3. The van der Waals surface area contributed by atoms with Gasteiger partial charge >= 0.3 is 7.12 Å². The van der Waals surface area contributed by atoms with Gasteiger partial charge in [-0.05, 0) is 58.0 Å². The minimum absolute atomic E-state index is 0.00956. The number of pyridine rings is 1. The highest BCUT2D eigenvalue weighted by molar-refractivity contribution is 6.62. The van der Waals surface area contributed by atoms with Gasteiger partial charge in [0.1, 0.15) is 5.75 Å². The molecule has 2 aliphatic carbocycles. The molecule has 166 valence electrons. The molecule has 0 N–H and O–H groups in total. The predicted octanol–water partition coefficient (Wildman–Crippen LogP) is 3.92. The Kier molecular flexibility index (Phi) is 4.42. The molecule has 3 fully saturated rings. The molecular weight excluding hydrogens is 403 g/mol. The molecule has 0 radical (unpaired) electrons. The van der Waals surface area contributed by atoms with Crippen molar-refractivity contribution in [2.24, 2.45) is 11.8 Å². The maximum Gasteiger partial charge on any atom is 0.494 e. The summed E-state index contributed by atoms with van der Waals surface area (Å²) in [6.07, 6.45) is 2.53. The van der Waals surface area contributed by atoms with Crippen molar-refractivity contribution in [1.82, 2.24) is 4.57 Å². The van der Waals surface area contributed by atoms with Gasteiger partial charge in [0.2, 0.25) is 0 Å². The summed E-state index contributed by atoms with van der Waals surface area (Å²) in [6, 6.07) is 5.27. The first-order valence-electron chi connectivity index (χ1n) is 10.9. The van der Waals surface area contributed by atoms with Crippen LogP contribution in [0.15, 0.2) is 29.2 Å². The molecule has 2 aromatic rings. The fourth-order valence-corrected chi connectivity index (χ4v) is 5.31. The largest absolute Gasteiger partial charge is 0.495 e. The number of aromatic nitrogens is 1. The van der Waals surface area contributed by atoms with Crippen molar-refractivity contribution in [3.8, 4) is 5.75 Å². The predicted molar refractivity (Wildman–Crippen MR) is 115 cm³/mol. The molecule has 3 aliphatic rings. The van der Waals surface area contributed by atoms with Crippen LogP contribution in [0.4, 0.5) is 8.78 Å². The fraction of sp³-hybridized carbons (Fsp3) is 0.609. The molecule has 3 atom stereocenters. The Labute approximate surface area is 180 Å². The molecule has 5 rings (SSSR count). The highest BCUT2D eigenvalue weighted by Gasteiger charge is 2.60. The van der Waals surface area contributed by atoms with Crippen molar-refractivity contribution >= 4 is 23.4 Å². The van der Waals surface area contributed by atoms with Crippen LogP contribution in [-0.4, -0.2) is 35.9 Å². The highest BCUT2D eigenvalue weighted by atomic mass is 19.3. The summed E-state index contributed by atoms with van der Waals surface area (Å²) < 4.78 is 47.2. The van der Waals surface area contributed by atoms with E-state index >= 15 is 0 Å². The van der Waals surface area contributed by atoms with Crippen molar-refractivity contribution in [2.75, 3.05) is 7.11 Å². The van der Waals surface area contributed by atoms with E-state index in [0.717, 1.165) is 5.46 Å². The van der Waals surface area contributed by atoms with Gasteiger partial charge in [-0.2, -0.15) is 0 Å². The second kappa shape index (κ2) is 6.55. The molecule has 1 saturated heterocycles. The summed E-state index contributed by atoms with van der Waals surface area (Å²) in [6.45, 7) is 7.92. The molecule has 1 aliphatic heterocycles.